The Kier molecular flexibility index (Phi) is 8.95. The number of likely N-dealkylation sites (tertiary alicyclic amines) is 1. The summed E-state index contributed by atoms with van der Waals surface area (Å²) < 4.78 is 27.4. The number of anilines is 2. The summed E-state index contributed by atoms with van der Waals surface area (Å²) >= 11 is 0. The summed E-state index contributed by atoms with van der Waals surface area (Å²) in [4.78, 5) is 24.5. The Morgan fingerprint density at radius 2 is 1.88 bits per heavy atom. The van der Waals surface area contributed by atoms with Crippen LogP contribution < -0.4 is 10.1 Å². The summed E-state index contributed by atoms with van der Waals surface area (Å²) in [6.07, 6.45) is 3.73. The minimum atomic E-state index is -0.208. The van der Waals surface area contributed by atoms with Gasteiger partial charge in [-0.25, -0.2) is 9.37 Å². The van der Waals surface area contributed by atoms with Crippen LogP contribution >= 0.6 is 0 Å². The summed E-state index contributed by atoms with van der Waals surface area (Å²) in [5, 5.41) is 3.31. The minimum absolute atomic E-state index is 0.0707. The lowest BCUT2D eigenvalue weighted by Crippen LogP contribution is -2.38. The van der Waals surface area contributed by atoms with Gasteiger partial charge in [-0.15, -0.1) is 0 Å². The number of aromatic nitrogens is 3. The number of ketones is 1. The lowest BCUT2D eigenvalue weighted by Gasteiger charge is -2.30. The first kappa shape index (κ1) is 28.7. The number of halogens is 1. The molecule has 0 unspecified atom stereocenters. The molecule has 0 aliphatic carbocycles. The molecule has 3 heterocycles. The van der Waals surface area contributed by atoms with E-state index in [1.165, 1.54) is 6.07 Å². The Hall–Kier alpha value is -3.82. The topological polar surface area (TPSA) is 81.5 Å². The first-order chi connectivity index (χ1) is 19.8. The van der Waals surface area contributed by atoms with Crippen LogP contribution in [0.25, 0.3) is 11.0 Å². The monoisotopic (exact) mass is 559 g/mol. The van der Waals surface area contributed by atoms with E-state index in [0.29, 0.717) is 35.1 Å². The fourth-order valence-corrected chi connectivity index (χ4v) is 5.32. The van der Waals surface area contributed by atoms with Crippen LogP contribution in [0.4, 0.5) is 16.0 Å². The average Bonchev–Trinajstić information content (AvgIpc) is 3.27. The number of hydrogen-bond donors (Lipinski definition) is 1. The summed E-state index contributed by atoms with van der Waals surface area (Å²) in [7, 11) is 3.64. The van der Waals surface area contributed by atoms with E-state index in [9.17, 15) is 9.18 Å². The fourth-order valence-electron chi connectivity index (χ4n) is 5.32. The van der Waals surface area contributed by atoms with Gasteiger partial charge in [0.2, 0.25) is 5.95 Å². The van der Waals surface area contributed by atoms with Crippen LogP contribution in [0.1, 0.15) is 43.9 Å². The molecule has 5 rings (SSSR count). The zero-order valence-corrected chi connectivity index (χ0v) is 24.2. The van der Waals surface area contributed by atoms with Gasteiger partial charge in [0.1, 0.15) is 23.1 Å². The summed E-state index contributed by atoms with van der Waals surface area (Å²) in [5.74, 6) is 2.08. The fraction of sp³-hybridized carbons (Fsp3) is 0.406. The molecule has 1 aliphatic rings. The van der Waals surface area contributed by atoms with E-state index in [2.05, 4.69) is 15.2 Å². The maximum Gasteiger partial charge on any atom is 0.208 e. The molecule has 41 heavy (non-hydrogen) atoms. The van der Waals surface area contributed by atoms with E-state index >= 15 is 0 Å². The molecule has 2 aromatic heterocycles. The molecule has 0 spiro atoms. The third kappa shape index (κ3) is 6.92. The zero-order chi connectivity index (χ0) is 28.9. The van der Waals surface area contributed by atoms with Crippen LogP contribution in [0.5, 0.6) is 11.5 Å². The largest absolute Gasteiger partial charge is 0.457 e. The molecule has 0 radical (unpaired) electrons. The molecule has 8 nitrogen and oxygen atoms in total. The van der Waals surface area contributed by atoms with Gasteiger partial charge in [-0.05, 0) is 73.8 Å². The smallest absolute Gasteiger partial charge is 0.208 e. The van der Waals surface area contributed by atoms with Gasteiger partial charge in [0.05, 0.1) is 23.3 Å². The van der Waals surface area contributed by atoms with Crippen molar-refractivity contribution < 1.29 is 18.7 Å². The van der Waals surface area contributed by atoms with E-state index in [1.54, 1.807) is 25.4 Å². The Labute approximate surface area is 240 Å². The van der Waals surface area contributed by atoms with Crippen LogP contribution in [0.2, 0.25) is 0 Å². The Balaban J connectivity index is 1.24. The number of hydrogen-bond acceptors (Lipinski definition) is 7. The predicted octanol–water partition coefficient (Wildman–Crippen LogP) is 6.24. The number of piperidine rings is 1. The van der Waals surface area contributed by atoms with Gasteiger partial charge in [-0.2, -0.15) is 0 Å². The number of carbonyl (C=O) groups excluding carboxylic acids is 1. The zero-order valence-electron chi connectivity index (χ0n) is 24.2. The molecule has 4 aromatic rings. The molecule has 1 aliphatic heterocycles. The number of nitrogens with zero attached hydrogens (tertiary/aromatic N) is 4. The van der Waals surface area contributed by atoms with Crippen molar-refractivity contribution in [3.05, 3.63) is 71.8 Å². The number of carbonyl (C=O) groups is 1. The summed E-state index contributed by atoms with van der Waals surface area (Å²) in [6.45, 7) is 7.41. The molecule has 0 atom stereocenters. The number of Topliss-reactive ketones (excluding diaryl/α,β-unsaturated/α-hetero) is 1. The first-order valence-corrected chi connectivity index (χ1v) is 14.2. The number of fused-ring (bicyclic) bond motifs is 1. The lowest BCUT2D eigenvalue weighted by molar-refractivity contribution is -0.123. The van der Waals surface area contributed by atoms with Gasteiger partial charge >= 0.3 is 0 Å². The second-order valence-electron chi connectivity index (χ2n) is 11.0. The predicted molar refractivity (Wildman–Crippen MR) is 159 cm³/mol. The van der Waals surface area contributed by atoms with E-state index in [-0.39, 0.29) is 23.4 Å². The first-order valence-electron chi connectivity index (χ1n) is 14.2. The molecule has 1 fully saturated rings. The van der Waals surface area contributed by atoms with E-state index < -0.39 is 0 Å². The van der Waals surface area contributed by atoms with Crippen LogP contribution in [-0.2, 0) is 23.0 Å². The highest BCUT2D eigenvalue weighted by molar-refractivity contribution is 5.83. The number of nitrogens with one attached hydrogen (secondary N) is 1. The van der Waals surface area contributed by atoms with Gasteiger partial charge in [0.25, 0.3) is 0 Å². The third-order valence-electron chi connectivity index (χ3n) is 7.76. The highest BCUT2D eigenvalue weighted by atomic mass is 19.1. The van der Waals surface area contributed by atoms with Gasteiger partial charge in [-0.3, -0.25) is 9.78 Å². The number of ether oxygens (including phenoxy) is 2. The molecular weight excluding hydrogens is 521 g/mol. The SMILES string of the molecule is COCCN1CCC(C(=O)Cc2cc(Oc3ccc4c(c3)nc(Nc3ccc(F)c(C(C)C)c3)n4C)ccn2)CC1. The number of rotatable bonds is 11. The summed E-state index contributed by atoms with van der Waals surface area (Å²) in [5.41, 5.74) is 3.84. The Morgan fingerprint density at radius 3 is 2.63 bits per heavy atom. The quantitative estimate of drug-likeness (QED) is 0.233. The number of methoxy groups -OCH3 is 1. The molecule has 0 bridgehead atoms. The third-order valence-corrected chi connectivity index (χ3v) is 7.76. The van der Waals surface area contributed by atoms with Gasteiger partial charge in [0, 0.05) is 57.1 Å². The molecule has 0 amide bonds. The average molecular weight is 560 g/mol. The second kappa shape index (κ2) is 12.8. The molecule has 9 heteroatoms. The summed E-state index contributed by atoms with van der Waals surface area (Å²) in [6, 6.07) is 14.4. The maximum absolute atomic E-state index is 14.2. The Bertz CT molecular complexity index is 1510. The molecule has 1 saturated heterocycles. The van der Waals surface area contributed by atoms with Crippen LogP contribution in [0.15, 0.2) is 54.7 Å². The van der Waals surface area contributed by atoms with Crippen LogP contribution in [0.3, 0.4) is 0 Å². The normalized spacial score (nSPS) is 14.6. The van der Waals surface area contributed by atoms with Gasteiger partial charge in [-0.1, -0.05) is 13.8 Å². The van der Waals surface area contributed by atoms with Crippen molar-refractivity contribution in [2.24, 2.45) is 13.0 Å². The molecular formula is C32H38FN5O3. The molecule has 0 saturated carbocycles. The van der Waals surface area contributed by atoms with Crippen molar-refractivity contribution in [2.75, 3.05) is 38.7 Å². The van der Waals surface area contributed by atoms with Crippen molar-refractivity contribution >= 4 is 28.5 Å². The van der Waals surface area contributed by atoms with Crippen molar-refractivity contribution in [2.45, 2.75) is 39.0 Å². The number of imidazole rings is 1. The number of benzene rings is 2. The van der Waals surface area contributed by atoms with E-state index in [1.807, 2.05) is 55.8 Å². The van der Waals surface area contributed by atoms with Crippen LogP contribution in [-0.4, -0.2) is 58.6 Å². The van der Waals surface area contributed by atoms with Crippen LogP contribution in [0, 0.1) is 11.7 Å². The molecule has 1 N–H and O–H groups in total. The molecule has 2 aromatic carbocycles. The lowest BCUT2D eigenvalue weighted by atomic mass is 9.90. The Morgan fingerprint density at radius 1 is 1.10 bits per heavy atom. The number of aryl methyl sites for hydroxylation is 1. The van der Waals surface area contributed by atoms with Gasteiger partial charge < -0.3 is 24.3 Å². The minimum Gasteiger partial charge on any atom is -0.457 e. The standard InChI is InChI=1S/C32H38FN5O3/c1-21(2)27-18-23(5-7-28(27)33)35-32-36-29-20-25(6-8-30(29)37(32)3)41-26-9-12-34-24(17-26)19-31(39)22-10-13-38(14-11-22)15-16-40-4/h5-9,12,17-18,20-22H,10-11,13-16,19H2,1-4H3,(H,35,36). The van der Waals surface area contributed by atoms with Crippen molar-refractivity contribution in [1.82, 2.24) is 19.4 Å². The highest BCUT2D eigenvalue weighted by Gasteiger charge is 2.25. The van der Waals surface area contributed by atoms with Crippen molar-refractivity contribution in [3.63, 3.8) is 0 Å². The van der Waals surface area contributed by atoms with E-state index in [4.69, 9.17) is 14.5 Å². The second-order valence-corrected chi connectivity index (χ2v) is 11.0. The van der Waals surface area contributed by atoms with E-state index in [0.717, 1.165) is 55.8 Å². The maximum atomic E-state index is 14.2. The number of pyridine rings is 1. The van der Waals surface area contributed by atoms with Gasteiger partial charge in [0.15, 0.2) is 0 Å². The molecule has 216 valence electrons. The van der Waals surface area contributed by atoms with Crippen molar-refractivity contribution in [1.29, 1.82) is 0 Å². The van der Waals surface area contributed by atoms with Crippen molar-refractivity contribution in [3.8, 4) is 11.5 Å². The highest BCUT2D eigenvalue weighted by Crippen LogP contribution is 2.30.